The topological polar surface area (TPSA) is 75.6 Å². The van der Waals surface area contributed by atoms with Crippen LogP contribution in [0.5, 0.6) is 5.75 Å². The van der Waals surface area contributed by atoms with Crippen LogP contribution >= 0.6 is 0 Å². The Kier molecular flexibility index (Phi) is 4.41. The quantitative estimate of drug-likeness (QED) is 0.821. The molecular weight excluding hydrogens is 330 g/mol. The molecule has 1 aromatic rings. The van der Waals surface area contributed by atoms with Crippen LogP contribution < -0.4 is 10.1 Å². The predicted octanol–water partition coefficient (Wildman–Crippen LogP) is 3.02. The molecule has 0 aromatic heterocycles. The first-order valence-corrected chi connectivity index (χ1v) is 9.64. The summed E-state index contributed by atoms with van der Waals surface area (Å²) in [5.74, 6) is 1.72. The number of carbonyl (C=O) groups is 2. The molecular formula is C21H27NO4. The molecule has 5 rings (SSSR count). The fourth-order valence-corrected chi connectivity index (χ4v) is 5.90. The van der Waals surface area contributed by atoms with Gasteiger partial charge in [-0.3, -0.25) is 4.79 Å². The third-order valence-electron chi connectivity index (χ3n) is 6.72. The van der Waals surface area contributed by atoms with Gasteiger partial charge in [0.2, 0.25) is 5.91 Å². The van der Waals surface area contributed by atoms with Gasteiger partial charge in [0.05, 0.1) is 7.11 Å². The van der Waals surface area contributed by atoms with Crippen LogP contribution in [0, 0.1) is 23.2 Å². The van der Waals surface area contributed by atoms with Gasteiger partial charge in [-0.05, 0) is 74.0 Å². The largest absolute Gasteiger partial charge is 0.497 e. The van der Waals surface area contributed by atoms with Gasteiger partial charge < -0.3 is 15.2 Å². The summed E-state index contributed by atoms with van der Waals surface area (Å²) in [6.07, 6.45) is 6.92. The molecule has 4 aliphatic rings. The van der Waals surface area contributed by atoms with Crippen molar-refractivity contribution in [1.82, 2.24) is 5.32 Å². The van der Waals surface area contributed by atoms with E-state index in [-0.39, 0.29) is 17.7 Å². The molecule has 4 fully saturated rings. The van der Waals surface area contributed by atoms with Gasteiger partial charge in [-0.2, -0.15) is 0 Å². The Morgan fingerprint density at radius 2 is 1.65 bits per heavy atom. The second kappa shape index (κ2) is 6.60. The van der Waals surface area contributed by atoms with Gasteiger partial charge in [-0.15, -0.1) is 0 Å². The van der Waals surface area contributed by atoms with Crippen molar-refractivity contribution in [3.63, 3.8) is 0 Å². The highest BCUT2D eigenvalue weighted by atomic mass is 16.5. The van der Waals surface area contributed by atoms with Crippen LogP contribution in [0.15, 0.2) is 24.3 Å². The lowest BCUT2D eigenvalue weighted by atomic mass is 9.49. The number of carboxylic acids is 1. The Hall–Kier alpha value is -2.04. The van der Waals surface area contributed by atoms with E-state index >= 15 is 0 Å². The lowest BCUT2D eigenvalue weighted by Crippen LogP contribution is -2.56. The summed E-state index contributed by atoms with van der Waals surface area (Å²) in [6, 6.07) is 6.45. The Bertz CT molecular complexity index is 661. The lowest BCUT2D eigenvalue weighted by Gasteiger charge is -2.55. The fourth-order valence-electron chi connectivity index (χ4n) is 5.90. The van der Waals surface area contributed by atoms with E-state index in [4.69, 9.17) is 4.74 Å². The highest BCUT2D eigenvalue weighted by Crippen LogP contribution is 2.60. The monoisotopic (exact) mass is 357 g/mol. The molecule has 0 heterocycles. The number of hydrogen-bond acceptors (Lipinski definition) is 3. The smallest absolute Gasteiger partial charge is 0.326 e. The number of aliphatic carboxylic acids is 1. The molecule has 140 valence electrons. The number of amides is 1. The lowest BCUT2D eigenvalue weighted by molar-refractivity contribution is -0.151. The molecule has 4 bridgehead atoms. The van der Waals surface area contributed by atoms with Gasteiger partial charge in [0.1, 0.15) is 11.8 Å². The minimum atomic E-state index is -0.973. The number of methoxy groups -OCH3 is 1. The molecule has 0 aliphatic heterocycles. The second-order valence-electron chi connectivity index (χ2n) is 8.61. The summed E-state index contributed by atoms with van der Waals surface area (Å²) >= 11 is 0. The zero-order chi connectivity index (χ0) is 18.3. The minimum absolute atomic E-state index is 0.0301. The first-order chi connectivity index (χ1) is 12.5. The van der Waals surface area contributed by atoms with Crippen LogP contribution in [-0.2, 0) is 16.0 Å². The first kappa shape index (κ1) is 17.4. The molecule has 5 nitrogen and oxygen atoms in total. The van der Waals surface area contributed by atoms with Crippen LogP contribution in [0.1, 0.15) is 44.1 Å². The van der Waals surface area contributed by atoms with Crippen LogP contribution in [0.2, 0.25) is 0 Å². The Morgan fingerprint density at radius 1 is 1.12 bits per heavy atom. The van der Waals surface area contributed by atoms with E-state index in [1.807, 2.05) is 24.3 Å². The Labute approximate surface area is 154 Å². The number of nitrogens with one attached hydrogen (secondary N) is 1. The van der Waals surface area contributed by atoms with E-state index in [9.17, 15) is 14.7 Å². The summed E-state index contributed by atoms with van der Waals surface area (Å²) in [5, 5.41) is 12.5. The zero-order valence-corrected chi connectivity index (χ0v) is 15.2. The highest BCUT2D eigenvalue weighted by Gasteiger charge is 2.54. The van der Waals surface area contributed by atoms with E-state index in [1.165, 1.54) is 19.3 Å². The van der Waals surface area contributed by atoms with E-state index in [0.29, 0.717) is 17.8 Å². The zero-order valence-electron chi connectivity index (χ0n) is 15.2. The molecule has 0 saturated heterocycles. The standard InChI is InChI=1S/C21H27NO4/c1-26-17-4-2-13(3-5-17)9-18(19(23)24)22-20(25)21-10-14-6-15(11-21)8-16(7-14)12-21/h2-5,14-16,18H,6-12H2,1H3,(H,22,25)(H,23,24)/t14?,15?,16?,18-,21?/m0/s1. The van der Waals surface area contributed by atoms with Crippen LogP contribution in [0.25, 0.3) is 0 Å². The van der Waals surface area contributed by atoms with E-state index in [0.717, 1.165) is 30.6 Å². The molecule has 4 saturated carbocycles. The number of benzene rings is 1. The summed E-state index contributed by atoms with van der Waals surface area (Å²) in [6.45, 7) is 0. The van der Waals surface area contributed by atoms with Gasteiger partial charge in [0, 0.05) is 11.8 Å². The van der Waals surface area contributed by atoms with Crippen LogP contribution in [-0.4, -0.2) is 30.1 Å². The number of carbonyl (C=O) groups excluding carboxylic acids is 1. The van der Waals surface area contributed by atoms with Crippen molar-refractivity contribution in [2.24, 2.45) is 23.2 Å². The summed E-state index contributed by atoms with van der Waals surface area (Å²) in [5.41, 5.74) is 0.562. The molecule has 1 amide bonds. The third-order valence-corrected chi connectivity index (χ3v) is 6.72. The molecule has 26 heavy (non-hydrogen) atoms. The maximum Gasteiger partial charge on any atom is 0.326 e. The minimum Gasteiger partial charge on any atom is -0.497 e. The van der Waals surface area contributed by atoms with Crippen LogP contribution in [0.3, 0.4) is 0 Å². The van der Waals surface area contributed by atoms with Crippen molar-refractivity contribution in [2.45, 2.75) is 51.0 Å². The maximum absolute atomic E-state index is 13.1. The summed E-state index contributed by atoms with van der Waals surface area (Å²) in [4.78, 5) is 24.9. The fraction of sp³-hybridized carbons (Fsp3) is 0.619. The average Bonchev–Trinajstić information content (AvgIpc) is 2.60. The SMILES string of the molecule is COc1ccc(C[C@H](NC(=O)C23CC4CC(CC(C4)C2)C3)C(=O)O)cc1. The molecule has 2 N–H and O–H groups in total. The molecule has 5 heteroatoms. The van der Waals surface area contributed by atoms with Gasteiger partial charge in [-0.1, -0.05) is 12.1 Å². The van der Waals surface area contributed by atoms with Gasteiger partial charge in [0.25, 0.3) is 0 Å². The van der Waals surface area contributed by atoms with E-state index in [2.05, 4.69) is 5.32 Å². The van der Waals surface area contributed by atoms with Crippen molar-refractivity contribution in [3.8, 4) is 5.75 Å². The van der Waals surface area contributed by atoms with Crippen LogP contribution in [0.4, 0.5) is 0 Å². The third kappa shape index (κ3) is 3.19. The molecule has 0 spiro atoms. The first-order valence-electron chi connectivity index (χ1n) is 9.64. The molecule has 1 aromatic carbocycles. The second-order valence-corrected chi connectivity index (χ2v) is 8.61. The maximum atomic E-state index is 13.1. The number of carboxylic acid groups (broad SMARTS) is 1. The predicted molar refractivity (Wildman–Crippen MR) is 96.9 cm³/mol. The normalized spacial score (nSPS) is 32.9. The number of hydrogen-bond donors (Lipinski definition) is 2. The van der Waals surface area contributed by atoms with Gasteiger partial charge in [-0.25, -0.2) is 4.79 Å². The van der Waals surface area contributed by atoms with Gasteiger partial charge in [0.15, 0.2) is 0 Å². The van der Waals surface area contributed by atoms with E-state index in [1.54, 1.807) is 7.11 Å². The highest BCUT2D eigenvalue weighted by molar-refractivity contribution is 5.88. The van der Waals surface area contributed by atoms with Crippen molar-refractivity contribution in [1.29, 1.82) is 0 Å². The number of rotatable bonds is 6. The average molecular weight is 357 g/mol. The molecule has 0 unspecified atom stereocenters. The molecule has 0 radical (unpaired) electrons. The Balaban J connectivity index is 1.46. The van der Waals surface area contributed by atoms with Crippen molar-refractivity contribution >= 4 is 11.9 Å². The van der Waals surface area contributed by atoms with Gasteiger partial charge >= 0.3 is 5.97 Å². The number of ether oxygens (including phenoxy) is 1. The molecule has 4 aliphatic carbocycles. The van der Waals surface area contributed by atoms with Crippen molar-refractivity contribution < 1.29 is 19.4 Å². The summed E-state index contributed by atoms with van der Waals surface area (Å²) in [7, 11) is 1.60. The van der Waals surface area contributed by atoms with Crippen molar-refractivity contribution in [3.05, 3.63) is 29.8 Å². The molecule has 1 atom stereocenters. The summed E-state index contributed by atoms with van der Waals surface area (Å²) < 4.78 is 5.14. The Morgan fingerprint density at radius 3 is 2.12 bits per heavy atom. The van der Waals surface area contributed by atoms with Crippen molar-refractivity contribution in [2.75, 3.05) is 7.11 Å². The van der Waals surface area contributed by atoms with E-state index < -0.39 is 12.0 Å².